The fraction of sp³-hybridized carbons (Fsp3) is 0.577. The predicted molar refractivity (Wildman–Crippen MR) is 128 cm³/mol. The summed E-state index contributed by atoms with van der Waals surface area (Å²) in [5, 5.41) is 9.60. The molecular formula is C26H33FN2O5. The van der Waals surface area contributed by atoms with Crippen LogP contribution in [0, 0.1) is 16.6 Å². The molecule has 0 saturated carbocycles. The standard InChI is InChI=1S/C26H33FN2O5/c1-14-7-8-15-20-16(22(30)17(23(31)32)12-29(14)20)11-18(27)21(15)28-10-9-19(26(5,6)13-28)34-24(33)25(2,3)4/h11-12,14,19H,7-10,13H2,1-6H3,(H,31,32)/t14-,19?/m0/s1. The number of anilines is 1. The summed E-state index contributed by atoms with van der Waals surface area (Å²) in [6.45, 7) is 12.5. The predicted octanol–water partition coefficient (Wildman–Crippen LogP) is 4.54. The van der Waals surface area contributed by atoms with E-state index in [1.807, 2.05) is 51.0 Å². The number of aryl methyl sites for hydroxylation is 1. The highest BCUT2D eigenvalue weighted by Crippen LogP contribution is 2.42. The first-order chi connectivity index (χ1) is 15.7. The van der Waals surface area contributed by atoms with Crippen LogP contribution < -0.4 is 10.3 Å². The number of benzene rings is 1. The Hall–Kier alpha value is -2.90. The van der Waals surface area contributed by atoms with E-state index < -0.39 is 28.0 Å². The molecule has 1 aromatic carbocycles. The topological polar surface area (TPSA) is 88.8 Å². The summed E-state index contributed by atoms with van der Waals surface area (Å²) in [6.07, 6.45) is 2.97. The van der Waals surface area contributed by atoms with E-state index in [4.69, 9.17) is 4.74 Å². The van der Waals surface area contributed by atoms with Gasteiger partial charge < -0.3 is 19.3 Å². The second-order valence-corrected chi connectivity index (χ2v) is 11.4. The van der Waals surface area contributed by atoms with Crippen molar-refractivity contribution >= 4 is 28.5 Å². The number of pyridine rings is 1. The SMILES string of the molecule is C[C@H]1CCc2c(N3CCC(OC(=O)C(C)(C)C)C(C)(C)C3)c(F)cc3c(=O)c(C(=O)O)cn1c23. The zero-order chi connectivity index (χ0) is 25.2. The van der Waals surface area contributed by atoms with Crippen LogP contribution in [-0.4, -0.2) is 40.8 Å². The largest absolute Gasteiger partial charge is 0.477 e. The van der Waals surface area contributed by atoms with Crippen molar-refractivity contribution in [3.8, 4) is 0 Å². The number of carboxylic acid groups (broad SMARTS) is 1. The first-order valence-electron chi connectivity index (χ1n) is 11.8. The third kappa shape index (κ3) is 3.97. The molecule has 7 nitrogen and oxygen atoms in total. The molecule has 0 spiro atoms. The van der Waals surface area contributed by atoms with Gasteiger partial charge in [-0.05, 0) is 46.6 Å². The maximum absolute atomic E-state index is 15.6. The van der Waals surface area contributed by atoms with Gasteiger partial charge in [0.05, 0.1) is 16.6 Å². The fourth-order valence-electron chi connectivity index (χ4n) is 5.18. The fourth-order valence-corrected chi connectivity index (χ4v) is 5.18. The third-order valence-corrected chi connectivity index (χ3v) is 7.17. The molecule has 2 aliphatic rings. The number of hydrogen-bond acceptors (Lipinski definition) is 5. The lowest BCUT2D eigenvalue weighted by Crippen LogP contribution is -2.51. The Labute approximate surface area is 198 Å². The Kier molecular flexibility index (Phi) is 5.77. The number of aromatic carboxylic acids is 1. The van der Waals surface area contributed by atoms with Crippen molar-refractivity contribution in [1.82, 2.24) is 4.57 Å². The Balaban J connectivity index is 1.78. The van der Waals surface area contributed by atoms with Crippen LogP contribution in [0.5, 0.6) is 0 Å². The molecule has 184 valence electrons. The first kappa shape index (κ1) is 24.2. The van der Waals surface area contributed by atoms with Crippen LogP contribution in [0.15, 0.2) is 17.1 Å². The van der Waals surface area contributed by atoms with E-state index in [1.165, 1.54) is 12.3 Å². The number of esters is 1. The van der Waals surface area contributed by atoms with Gasteiger partial charge in [0, 0.05) is 48.1 Å². The average molecular weight is 473 g/mol. The lowest BCUT2D eigenvalue weighted by atomic mass is 9.80. The second-order valence-electron chi connectivity index (χ2n) is 11.4. The van der Waals surface area contributed by atoms with Crippen LogP contribution in [0.2, 0.25) is 0 Å². The summed E-state index contributed by atoms with van der Waals surface area (Å²) < 4.78 is 23.3. The van der Waals surface area contributed by atoms with E-state index in [-0.39, 0.29) is 29.1 Å². The molecule has 1 aromatic heterocycles. The van der Waals surface area contributed by atoms with Crippen LogP contribution in [-0.2, 0) is 16.0 Å². The van der Waals surface area contributed by atoms with Crippen LogP contribution in [0.25, 0.3) is 10.9 Å². The minimum atomic E-state index is -1.31. The summed E-state index contributed by atoms with van der Waals surface area (Å²) in [6, 6.07) is 1.18. The first-order valence-corrected chi connectivity index (χ1v) is 11.8. The second kappa shape index (κ2) is 8.10. The molecule has 0 amide bonds. The van der Waals surface area contributed by atoms with Gasteiger partial charge in [-0.3, -0.25) is 9.59 Å². The van der Waals surface area contributed by atoms with Crippen molar-refractivity contribution in [2.24, 2.45) is 10.8 Å². The summed E-state index contributed by atoms with van der Waals surface area (Å²) >= 11 is 0. The Morgan fingerprint density at radius 2 is 1.91 bits per heavy atom. The zero-order valence-electron chi connectivity index (χ0n) is 20.7. The van der Waals surface area contributed by atoms with Crippen LogP contribution in [0.4, 0.5) is 10.1 Å². The van der Waals surface area contributed by atoms with E-state index in [0.29, 0.717) is 43.6 Å². The lowest BCUT2D eigenvalue weighted by Gasteiger charge is -2.46. The maximum atomic E-state index is 15.6. The number of ether oxygens (including phenoxy) is 1. The molecule has 0 aliphatic carbocycles. The normalized spacial score (nSPS) is 22.0. The summed E-state index contributed by atoms with van der Waals surface area (Å²) in [5.74, 6) is -2.09. The van der Waals surface area contributed by atoms with E-state index >= 15 is 4.39 Å². The number of rotatable bonds is 3. The molecule has 1 unspecified atom stereocenters. The molecule has 8 heteroatoms. The van der Waals surface area contributed by atoms with E-state index in [0.717, 1.165) is 5.56 Å². The van der Waals surface area contributed by atoms with Gasteiger partial charge in [-0.15, -0.1) is 0 Å². The van der Waals surface area contributed by atoms with Crippen molar-refractivity contribution in [3.63, 3.8) is 0 Å². The lowest BCUT2D eigenvalue weighted by molar-refractivity contribution is -0.166. The molecule has 2 aromatic rings. The number of hydrogen-bond donors (Lipinski definition) is 1. The Morgan fingerprint density at radius 3 is 2.50 bits per heavy atom. The minimum absolute atomic E-state index is 0.00833. The molecule has 3 heterocycles. The Bertz CT molecular complexity index is 1240. The number of halogens is 1. The molecule has 0 bridgehead atoms. The van der Waals surface area contributed by atoms with Crippen LogP contribution >= 0.6 is 0 Å². The molecule has 1 saturated heterocycles. The summed E-state index contributed by atoms with van der Waals surface area (Å²) in [5.41, 5.74) is -0.203. The monoisotopic (exact) mass is 472 g/mol. The van der Waals surface area contributed by atoms with Gasteiger partial charge in [0.25, 0.3) is 0 Å². The third-order valence-electron chi connectivity index (χ3n) is 7.17. The number of nitrogens with zero attached hydrogens (tertiary/aromatic N) is 2. The highest BCUT2D eigenvalue weighted by atomic mass is 19.1. The van der Waals surface area contributed by atoms with Crippen molar-refractivity contribution in [2.75, 3.05) is 18.0 Å². The maximum Gasteiger partial charge on any atom is 0.341 e. The minimum Gasteiger partial charge on any atom is -0.477 e. The average Bonchev–Trinajstić information content (AvgIpc) is 2.72. The van der Waals surface area contributed by atoms with Crippen LogP contribution in [0.1, 0.15) is 76.3 Å². The smallest absolute Gasteiger partial charge is 0.341 e. The zero-order valence-corrected chi connectivity index (χ0v) is 20.7. The summed E-state index contributed by atoms with van der Waals surface area (Å²) in [4.78, 5) is 39.0. The van der Waals surface area contributed by atoms with E-state index in [9.17, 15) is 19.5 Å². The highest BCUT2D eigenvalue weighted by molar-refractivity contribution is 5.95. The van der Waals surface area contributed by atoms with Gasteiger partial charge in [0.1, 0.15) is 17.5 Å². The van der Waals surface area contributed by atoms with Gasteiger partial charge >= 0.3 is 11.9 Å². The quantitative estimate of drug-likeness (QED) is 0.660. The summed E-state index contributed by atoms with van der Waals surface area (Å²) in [7, 11) is 0. The molecule has 1 N–H and O–H groups in total. The van der Waals surface area contributed by atoms with Crippen molar-refractivity contribution in [2.45, 2.75) is 73.0 Å². The molecule has 2 aliphatic heterocycles. The van der Waals surface area contributed by atoms with Crippen molar-refractivity contribution in [3.05, 3.63) is 39.4 Å². The highest BCUT2D eigenvalue weighted by Gasteiger charge is 2.41. The number of carboxylic acids is 1. The molecule has 2 atom stereocenters. The van der Waals surface area contributed by atoms with Gasteiger partial charge in [-0.1, -0.05) is 13.8 Å². The van der Waals surface area contributed by atoms with Crippen molar-refractivity contribution in [1.29, 1.82) is 0 Å². The van der Waals surface area contributed by atoms with Gasteiger partial charge in [-0.2, -0.15) is 0 Å². The number of carbonyl (C=O) groups is 2. The molecular weight excluding hydrogens is 439 g/mol. The number of carbonyl (C=O) groups excluding carboxylic acids is 1. The van der Waals surface area contributed by atoms with Gasteiger partial charge in [-0.25, -0.2) is 9.18 Å². The molecule has 4 rings (SSSR count). The van der Waals surface area contributed by atoms with Gasteiger partial charge in [0.2, 0.25) is 5.43 Å². The molecule has 0 radical (unpaired) electrons. The number of piperidine rings is 1. The Morgan fingerprint density at radius 1 is 1.24 bits per heavy atom. The van der Waals surface area contributed by atoms with Crippen molar-refractivity contribution < 1.29 is 23.8 Å². The van der Waals surface area contributed by atoms with Gasteiger partial charge in [0.15, 0.2) is 0 Å². The van der Waals surface area contributed by atoms with Crippen LogP contribution in [0.3, 0.4) is 0 Å². The van der Waals surface area contributed by atoms with E-state index in [2.05, 4.69) is 0 Å². The molecule has 34 heavy (non-hydrogen) atoms. The van der Waals surface area contributed by atoms with E-state index in [1.54, 1.807) is 0 Å². The number of aromatic nitrogens is 1. The molecule has 1 fully saturated rings.